The average Bonchev–Trinajstić information content (AvgIpc) is 2.74. The number of carbonyl (C=O) groups is 1. The van der Waals surface area contributed by atoms with Crippen LogP contribution in [0.15, 0.2) is 66.9 Å². The van der Waals surface area contributed by atoms with Gasteiger partial charge >= 0.3 is 0 Å². The van der Waals surface area contributed by atoms with Gasteiger partial charge in [-0.25, -0.2) is 19.3 Å². The molecule has 6 heteroatoms. The summed E-state index contributed by atoms with van der Waals surface area (Å²) in [6, 6.07) is 17.7. The van der Waals surface area contributed by atoms with E-state index < -0.39 is 0 Å². The zero-order valence-electron chi connectivity index (χ0n) is 15.5. The van der Waals surface area contributed by atoms with Gasteiger partial charge < -0.3 is 5.11 Å². The fourth-order valence-corrected chi connectivity index (χ4v) is 2.54. The standard InChI is InChI=1S/C22H14FN3.CH2O2/c1-15-6-12-21(22-24-14-17-4-2-3-5-20(17)26-22)25-19(15)13-9-16-7-10-18(23)11-8-16;2-1-3/h2-8,10-12,14H,1H3;1H,(H,2,3). The van der Waals surface area contributed by atoms with Crippen molar-refractivity contribution in [2.24, 2.45) is 0 Å². The second-order valence-electron chi connectivity index (χ2n) is 5.98. The Kier molecular flexibility index (Phi) is 6.23. The Labute approximate surface area is 166 Å². The molecule has 0 aliphatic heterocycles. The van der Waals surface area contributed by atoms with Crippen molar-refractivity contribution in [3.8, 4) is 23.4 Å². The van der Waals surface area contributed by atoms with Crippen LogP contribution in [-0.2, 0) is 4.79 Å². The number of halogens is 1. The number of aryl methyl sites for hydroxylation is 1. The quantitative estimate of drug-likeness (QED) is 0.392. The first kappa shape index (κ1) is 19.6. The minimum atomic E-state index is -0.277. The average molecular weight is 385 g/mol. The van der Waals surface area contributed by atoms with Crippen LogP contribution < -0.4 is 0 Å². The van der Waals surface area contributed by atoms with E-state index in [9.17, 15) is 4.39 Å². The lowest BCUT2D eigenvalue weighted by Crippen LogP contribution is -1.96. The maximum Gasteiger partial charge on any atom is 0.290 e. The normalized spacial score (nSPS) is 9.72. The van der Waals surface area contributed by atoms with Crippen LogP contribution in [0.5, 0.6) is 0 Å². The van der Waals surface area contributed by atoms with Crippen molar-refractivity contribution in [3.63, 3.8) is 0 Å². The summed E-state index contributed by atoms with van der Waals surface area (Å²) in [7, 11) is 0. The molecule has 0 bridgehead atoms. The van der Waals surface area contributed by atoms with Gasteiger partial charge in [0, 0.05) is 17.1 Å². The molecular formula is C23H16FN3O2. The molecular weight excluding hydrogens is 369 g/mol. The van der Waals surface area contributed by atoms with Crippen molar-refractivity contribution in [2.75, 3.05) is 0 Å². The number of rotatable bonds is 1. The monoisotopic (exact) mass is 385 g/mol. The molecule has 29 heavy (non-hydrogen) atoms. The molecule has 0 unspecified atom stereocenters. The number of nitrogens with zero attached hydrogens (tertiary/aromatic N) is 3. The molecule has 0 aliphatic carbocycles. The maximum absolute atomic E-state index is 13.0. The summed E-state index contributed by atoms with van der Waals surface area (Å²) in [5.74, 6) is 6.36. The zero-order valence-corrected chi connectivity index (χ0v) is 15.5. The lowest BCUT2D eigenvalue weighted by atomic mass is 10.1. The second-order valence-corrected chi connectivity index (χ2v) is 5.98. The van der Waals surface area contributed by atoms with Crippen LogP contribution >= 0.6 is 0 Å². The fourth-order valence-electron chi connectivity index (χ4n) is 2.54. The first-order valence-corrected chi connectivity index (χ1v) is 8.66. The van der Waals surface area contributed by atoms with Crippen molar-refractivity contribution >= 4 is 17.4 Å². The highest BCUT2D eigenvalue weighted by Gasteiger charge is 2.07. The Morgan fingerprint density at radius 3 is 2.45 bits per heavy atom. The molecule has 142 valence electrons. The second kappa shape index (κ2) is 9.20. The van der Waals surface area contributed by atoms with Gasteiger partial charge in [-0.3, -0.25) is 4.79 Å². The van der Waals surface area contributed by atoms with E-state index in [0.717, 1.165) is 22.0 Å². The van der Waals surface area contributed by atoms with Gasteiger partial charge in [0.2, 0.25) is 0 Å². The lowest BCUT2D eigenvalue weighted by Gasteiger charge is -2.04. The number of hydrogen-bond acceptors (Lipinski definition) is 4. The Morgan fingerprint density at radius 1 is 0.966 bits per heavy atom. The molecule has 0 saturated heterocycles. The molecule has 0 atom stereocenters. The molecule has 0 aliphatic rings. The third-order valence-electron chi connectivity index (χ3n) is 3.98. The van der Waals surface area contributed by atoms with Gasteiger partial charge in [0.15, 0.2) is 5.82 Å². The summed E-state index contributed by atoms with van der Waals surface area (Å²) in [5.41, 5.74) is 3.90. The predicted molar refractivity (Wildman–Crippen MR) is 109 cm³/mol. The first-order valence-electron chi connectivity index (χ1n) is 8.66. The molecule has 4 rings (SSSR count). The van der Waals surface area contributed by atoms with E-state index in [2.05, 4.69) is 26.8 Å². The van der Waals surface area contributed by atoms with E-state index in [-0.39, 0.29) is 12.3 Å². The number of hydrogen-bond donors (Lipinski definition) is 1. The molecule has 0 saturated carbocycles. The third kappa shape index (κ3) is 4.99. The van der Waals surface area contributed by atoms with Crippen molar-refractivity contribution in [2.45, 2.75) is 6.92 Å². The lowest BCUT2D eigenvalue weighted by molar-refractivity contribution is -0.122. The maximum atomic E-state index is 13.0. The van der Waals surface area contributed by atoms with Gasteiger partial charge in [0.25, 0.3) is 6.47 Å². The zero-order chi connectivity index (χ0) is 20.6. The van der Waals surface area contributed by atoms with Crippen LogP contribution in [0.3, 0.4) is 0 Å². The van der Waals surface area contributed by atoms with E-state index in [0.29, 0.717) is 17.2 Å². The SMILES string of the molecule is Cc1ccc(-c2ncc3ccccc3n2)nc1C#Cc1ccc(F)cc1.O=CO. The van der Waals surface area contributed by atoms with Crippen LogP contribution in [0.4, 0.5) is 4.39 Å². The summed E-state index contributed by atoms with van der Waals surface area (Å²) in [6.07, 6.45) is 1.79. The molecule has 0 spiro atoms. The van der Waals surface area contributed by atoms with Gasteiger partial charge in [0.1, 0.15) is 17.2 Å². The molecule has 2 aromatic carbocycles. The van der Waals surface area contributed by atoms with Gasteiger partial charge in [0.05, 0.1) is 5.52 Å². The Morgan fingerprint density at radius 2 is 1.69 bits per heavy atom. The molecule has 0 amide bonds. The first-order chi connectivity index (χ1) is 14.1. The molecule has 0 radical (unpaired) electrons. The largest absolute Gasteiger partial charge is 0.483 e. The summed E-state index contributed by atoms with van der Waals surface area (Å²) >= 11 is 0. The smallest absolute Gasteiger partial charge is 0.290 e. The number of fused-ring (bicyclic) bond motifs is 1. The van der Waals surface area contributed by atoms with E-state index >= 15 is 0 Å². The molecule has 4 aromatic rings. The molecule has 2 aromatic heterocycles. The summed E-state index contributed by atoms with van der Waals surface area (Å²) < 4.78 is 13.0. The van der Waals surface area contributed by atoms with Gasteiger partial charge in [-0.05, 0) is 54.8 Å². The highest BCUT2D eigenvalue weighted by molar-refractivity contribution is 5.79. The minimum absolute atomic E-state index is 0.250. The van der Waals surface area contributed by atoms with E-state index in [4.69, 9.17) is 9.90 Å². The van der Waals surface area contributed by atoms with E-state index in [1.807, 2.05) is 43.3 Å². The van der Waals surface area contributed by atoms with Crippen LogP contribution in [0.25, 0.3) is 22.4 Å². The molecule has 0 fully saturated rings. The number of benzene rings is 2. The summed E-state index contributed by atoms with van der Waals surface area (Å²) in [5, 5.41) is 7.87. The van der Waals surface area contributed by atoms with Crippen LogP contribution in [0.1, 0.15) is 16.8 Å². The molecule has 1 N–H and O–H groups in total. The van der Waals surface area contributed by atoms with Crippen molar-refractivity contribution in [1.82, 2.24) is 15.0 Å². The highest BCUT2D eigenvalue weighted by Crippen LogP contribution is 2.18. The highest BCUT2D eigenvalue weighted by atomic mass is 19.1. The van der Waals surface area contributed by atoms with Crippen molar-refractivity contribution in [1.29, 1.82) is 0 Å². The summed E-state index contributed by atoms with van der Waals surface area (Å²) in [4.78, 5) is 22.0. The number of pyridine rings is 1. The fraction of sp³-hybridized carbons (Fsp3) is 0.0435. The number of para-hydroxylation sites is 1. The minimum Gasteiger partial charge on any atom is -0.483 e. The van der Waals surface area contributed by atoms with Gasteiger partial charge in [-0.15, -0.1) is 0 Å². The third-order valence-corrected chi connectivity index (χ3v) is 3.98. The van der Waals surface area contributed by atoms with Gasteiger partial charge in [-0.2, -0.15) is 0 Å². The van der Waals surface area contributed by atoms with E-state index in [1.165, 1.54) is 12.1 Å². The predicted octanol–water partition coefficient (Wildman–Crippen LogP) is 4.24. The van der Waals surface area contributed by atoms with Gasteiger partial charge in [-0.1, -0.05) is 30.2 Å². The Hall–Kier alpha value is -4.11. The topological polar surface area (TPSA) is 76.0 Å². The van der Waals surface area contributed by atoms with Crippen LogP contribution in [0, 0.1) is 24.6 Å². The Bertz CT molecular complexity index is 1210. The number of aromatic nitrogens is 3. The Balaban J connectivity index is 0.000000755. The van der Waals surface area contributed by atoms with E-state index in [1.54, 1.807) is 18.3 Å². The summed E-state index contributed by atoms with van der Waals surface area (Å²) in [6.45, 7) is 1.70. The van der Waals surface area contributed by atoms with Crippen LogP contribution in [0.2, 0.25) is 0 Å². The molecule has 2 heterocycles. The molecule has 5 nitrogen and oxygen atoms in total. The van der Waals surface area contributed by atoms with Crippen molar-refractivity contribution < 1.29 is 14.3 Å². The number of carboxylic acid groups (broad SMARTS) is 1. The van der Waals surface area contributed by atoms with Crippen LogP contribution in [-0.4, -0.2) is 26.5 Å². The van der Waals surface area contributed by atoms with Crippen molar-refractivity contribution in [3.05, 3.63) is 89.5 Å².